The second kappa shape index (κ2) is 8.99. The number of nitrogens with zero attached hydrogens (tertiary/aromatic N) is 2. The Balaban J connectivity index is 2.10. The van der Waals surface area contributed by atoms with Crippen LogP contribution in [0.4, 0.5) is 5.69 Å². The van der Waals surface area contributed by atoms with Crippen LogP contribution in [-0.4, -0.2) is 34.6 Å². The highest BCUT2D eigenvalue weighted by Crippen LogP contribution is 2.23. The largest absolute Gasteiger partial charge is 0.343 e. The summed E-state index contributed by atoms with van der Waals surface area (Å²) in [5, 5.41) is 6.16. The van der Waals surface area contributed by atoms with Crippen molar-refractivity contribution < 1.29 is 9.59 Å². The quantitative estimate of drug-likeness (QED) is 0.585. The van der Waals surface area contributed by atoms with E-state index in [0.29, 0.717) is 22.1 Å². The van der Waals surface area contributed by atoms with Crippen LogP contribution in [0.25, 0.3) is 0 Å². The first-order valence-corrected chi connectivity index (χ1v) is 10.0. The summed E-state index contributed by atoms with van der Waals surface area (Å²) in [5.41, 5.74) is 3.78. The Morgan fingerprint density at radius 1 is 1.11 bits per heavy atom. The van der Waals surface area contributed by atoms with Gasteiger partial charge in [0.25, 0.3) is 5.91 Å². The van der Waals surface area contributed by atoms with E-state index < -0.39 is 0 Å². The molecule has 2 amide bonds. The zero-order valence-corrected chi connectivity index (χ0v) is 17.5. The summed E-state index contributed by atoms with van der Waals surface area (Å²) < 4.78 is 0. The Hall–Kier alpha value is -2.41. The minimum atomic E-state index is -0.344. The number of hydrogen-bond donors (Lipinski definition) is 2. The number of carbonyl (C=O) groups excluding carboxylic acids is 2. The molecule has 1 aromatic carbocycles. The fourth-order valence-corrected chi connectivity index (χ4v) is 3.31. The van der Waals surface area contributed by atoms with E-state index in [1.807, 2.05) is 52.1 Å². The fourth-order valence-electron chi connectivity index (χ4n) is 2.68. The van der Waals surface area contributed by atoms with Crippen LogP contribution >= 0.6 is 11.8 Å². The van der Waals surface area contributed by atoms with Gasteiger partial charge in [-0.05, 0) is 38.2 Å². The van der Waals surface area contributed by atoms with Crippen LogP contribution in [0.15, 0.2) is 23.2 Å². The lowest BCUT2D eigenvalue weighted by atomic mass is 10.1. The van der Waals surface area contributed by atoms with Gasteiger partial charge in [0.2, 0.25) is 5.91 Å². The summed E-state index contributed by atoms with van der Waals surface area (Å²) >= 11 is 1.40. The molecule has 0 saturated heterocycles. The first kappa shape index (κ1) is 20.9. The molecular weight excluding hydrogens is 360 g/mol. The lowest BCUT2D eigenvalue weighted by Crippen LogP contribution is -2.34. The third-order valence-electron chi connectivity index (χ3n) is 4.17. The number of aryl methyl sites for hydroxylation is 3. The number of hydrogen-bond acceptors (Lipinski definition) is 5. The first-order valence-electron chi connectivity index (χ1n) is 8.81. The summed E-state index contributed by atoms with van der Waals surface area (Å²) in [6.07, 6.45) is 1.87. The number of nitrogens with one attached hydrogen (secondary N) is 2. The number of anilines is 1. The highest BCUT2D eigenvalue weighted by atomic mass is 32.2. The predicted octanol–water partition coefficient (Wildman–Crippen LogP) is 3.62. The lowest BCUT2D eigenvalue weighted by Gasteiger charge is -2.14. The average Bonchev–Trinajstić information content (AvgIpc) is 2.62. The van der Waals surface area contributed by atoms with Gasteiger partial charge in [0.1, 0.15) is 10.9 Å². The summed E-state index contributed by atoms with van der Waals surface area (Å²) in [4.78, 5) is 33.8. The van der Waals surface area contributed by atoms with Crippen molar-refractivity contribution in [3.63, 3.8) is 0 Å². The zero-order chi connectivity index (χ0) is 20.1. The molecule has 0 fully saturated rings. The molecule has 0 bridgehead atoms. The van der Waals surface area contributed by atoms with Crippen LogP contribution in [0.3, 0.4) is 0 Å². The van der Waals surface area contributed by atoms with Crippen molar-refractivity contribution in [1.29, 1.82) is 0 Å². The van der Waals surface area contributed by atoms with Crippen LogP contribution in [0, 0.1) is 20.8 Å². The van der Waals surface area contributed by atoms with Crippen molar-refractivity contribution in [1.82, 2.24) is 15.3 Å². The minimum Gasteiger partial charge on any atom is -0.343 e. The van der Waals surface area contributed by atoms with Crippen molar-refractivity contribution in [3.05, 3.63) is 46.4 Å². The van der Waals surface area contributed by atoms with E-state index in [-0.39, 0.29) is 24.3 Å². The molecule has 0 radical (unpaired) electrons. The molecule has 0 spiro atoms. The molecule has 0 aliphatic rings. The SMILES string of the molecule is CSc1nc(C(C)C)nc(C)c1C(=O)NCC(=O)Nc1c(C)cccc1C. The third-order valence-corrected chi connectivity index (χ3v) is 4.85. The molecule has 1 aromatic heterocycles. The number of aromatic nitrogens is 2. The van der Waals surface area contributed by atoms with Gasteiger partial charge in [-0.1, -0.05) is 32.0 Å². The van der Waals surface area contributed by atoms with Crippen LogP contribution in [-0.2, 0) is 4.79 Å². The van der Waals surface area contributed by atoms with Gasteiger partial charge in [-0.2, -0.15) is 0 Å². The molecule has 6 nitrogen and oxygen atoms in total. The highest BCUT2D eigenvalue weighted by Gasteiger charge is 2.20. The second-order valence-corrected chi connectivity index (χ2v) is 7.50. The zero-order valence-electron chi connectivity index (χ0n) is 16.6. The number of rotatable bonds is 6. The molecule has 144 valence electrons. The summed E-state index contributed by atoms with van der Waals surface area (Å²) in [5.74, 6) is 0.267. The number of benzene rings is 1. The minimum absolute atomic E-state index is 0.119. The monoisotopic (exact) mass is 386 g/mol. The van der Waals surface area contributed by atoms with E-state index in [1.165, 1.54) is 11.8 Å². The van der Waals surface area contributed by atoms with E-state index in [0.717, 1.165) is 16.8 Å². The van der Waals surface area contributed by atoms with Crippen molar-refractivity contribution in [2.24, 2.45) is 0 Å². The molecule has 1 heterocycles. The molecule has 0 aliphatic carbocycles. The van der Waals surface area contributed by atoms with E-state index in [1.54, 1.807) is 6.92 Å². The molecule has 0 unspecified atom stereocenters. The van der Waals surface area contributed by atoms with Gasteiger partial charge in [0.05, 0.1) is 17.8 Å². The van der Waals surface area contributed by atoms with Crippen LogP contribution in [0.2, 0.25) is 0 Å². The standard InChI is InChI=1S/C20H26N4O2S/c1-11(2)18-22-14(5)16(20(24-18)27-6)19(26)21-10-15(25)23-17-12(3)8-7-9-13(17)4/h7-9,11H,10H2,1-6H3,(H,21,26)(H,23,25). The Morgan fingerprint density at radius 2 is 1.74 bits per heavy atom. The number of thioether (sulfide) groups is 1. The van der Waals surface area contributed by atoms with Gasteiger partial charge in [-0.15, -0.1) is 11.8 Å². The normalized spacial score (nSPS) is 10.8. The maximum Gasteiger partial charge on any atom is 0.256 e. The molecule has 2 N–H and O–H groups in total. The maximum absolute atomic E-state index is 12.6. The Morgan fingerprint density at radius 3 is 2.30 bits per heavy atom. The van der Waals surface area contributed by atoms with Crippen molar-refractivity contribution in [3.8, 4) is 0 Å². The van der Waals surface area contributed by atoms with E-state index in [2.05, 4.69) is 20.6 Å². The Kier molecular flexibility index (Phi) is 6.96. The topological polar surface area (TPSA) is 84.0 Å². The van der Waals surface area contributed by atoms with E-state index >= 15 is 0 Å². The molecular formula is C20H26N4O2S. The molecule has 7 heteroatoms. The van der Waals surface area contributed by atoms with Crippen molar-refractivity contribution in [2.45, 2.75) is 45.6 Å². The number of para-hydroxylation sites is 1. The first-order chi connectivity index (χ1) is 12.7. The van der Waals surface area contributed by atoms with Crippen LogP contribution in [0.5, 0.6) is 0 Å². The van der Waals surface area contributed by atoms with Crippen LogP contribution < -0.4 is 10.6 Å². The molecule has 0 atom stereocenters. The summed E-state index contributed by atoms with van der Waals surface area (Å²) in [6, 6.07) is 5.81. The predicted molar refractivity (Wildman–Crippen MR) is 110 cm³/mol. The van der Waals surface area contributed by atoms with Crippen molar-refractivity contribution in [2.75, 3.05) is 18.1 Å². The lowest BCUT2D eigenvalue weighted by molar-refractivity contribution is -0.115. The van der Waals surface area contributed by atoms with Crippen LogP contribution in [0.1, 0.15) is 52.8 Å². The Labute approximate surface area is 164 Å². The van der Waals surface area contributed by atoms with Crippen molar-refractivity contribution >= 4 is 29.3 Å². The molecule has 27 heavy (non-hydrogen) atoms. The fraction of sp³-hybridized carbons (Fsp3) is 0.400. The van der Waals surface area contributed by atoms with Gasteiger partial charge < -0.3 is 10.6 Å². The highest BCUT2D eigenvalue weighted by molar-refractivity contribution is 7.98. The average molecular weight is 387 g/mol. The van der Waals surface area contributed by atoms with E-state index in [4.69, 9.17) is 0 Å². The van der Waals surface area contributed by atoms with Gasteiger partial charge >= 0.3 is 0 Å². The second-order valence-electron chi connectivity index (χ2n) is 6.70. The maximum atomic E-state index is 12.6. The third kappa shape index (κ3) is 5.07. The summed E-state index contributed by atoms with van der Waals surface area (Å²) in [7, 11) is 0. The molecule has 2 rings (SSSR count). The van der Waals surface area contributed by atoms with Gasteiger partial charge in [0.15, 0.2) is 0 Å². The summed E-state index contributed by atoms with van der Waals surface area (Å²) in [6.45, 7) is 9.56. The number of amides is 2. The molecule has 0 aliphatic heterocycles. The molecule has 0 saturated carbocycles. The van der Waals surface area contributed by atoms with Gasteiger partial charge in [0, 0.05) is 11.6 Å². The van der Waals surface area contributed by atoms with Gasteiger partial charge in [-0.25, -0.2) is 9.97 Å². The van der Waals surface area contributed by atoms with E-state index in [9.17, 15) is 9.59 Å². The van der Waals surface area contributed by atoms with Gasteiger partial charge in [-0.3, -0.25) is 9.59 Å². The smallest absolute Gasteiger partial charge is 0.256 e. The Bertz CT molecular complexity index is 845. The molecule has 2 aromatic rings. The number of carbonyl (C=O) groups is 2.